The summed E-state index contributed by atoms with van der Waals surface area (Å²) < 4.78 is 37.4. The molecule has 0 fully saturated rings. The molecule has 0 spiro atoms. The van der Waals surface area contributed by atoms with E-state index in [1.165, 1.54) is 6.92 Å². The summed E-state index contributed by atoms with van der Waals surface area (Å²) in [6.45, 7) is 7.39. The number of alkyl halides is 3. The number of halogens is 3. The van der Waals surface area contributed by atoms with Crippen molar-refractivity contribution in [2.75, 3.05) is 0 Å². The highest BCUT2D eigenvalue weighted by Crippen LogP contribution is 2.30. The van der Waals surface area contributed by atoms with Crippen molar-refractivity contribution >= 4 is 0 Å². The molecule has 0 saturated carbocycles. The van der Waals surface area contributed by atoms with Gasteiger partial charge in [-0.15, -0.1) is 0 Å². The maximum absolute atomic E-state index is 12.5. The van der Waals surface area contributed by atoms with Crippen LogP contribution >= 0.6 is 0 Å². The summed E-state index contributed by atoms with van der Waals surface area (Å²) in [7, 11) is 0. The van der Waals surface area contributed by atoms with Gasteiger partial charge in [0.2, 0.25) is 0 Å². The van der Waals surface area contributed by atoms with Crippen LogP contribution in [0.3, 0.4) is 0 Å². The third-order valence-corrected chi connectivity index (χ3v) is 2.89. The summed E-state index contributed by atoms with van der Waals surface area (Å²) in [6.07, 6.45) is -4.06. The predicted molar refractivity (Wildman–Crippen MR) is 64.1 cm³/mol. The second-order valence-electron chi connectivity index (χ2n) is 5.60. The summed E-state index contributed by atoms with van der Waals surface area (Å²) in [4.78, 5) is 0. The summed E-state index contributed by atoms with van der Waals surface area (Å²) >= 11 is 0. The van der Waals surface area contributed by atoms with Gasteiger partial charge >= 0.3 is 6.18 Å². The Morgan fingerprint density at radius 1 is 1.12 bits per heavy atom. The molecule has 0 bridgehead atoms. The van der Waals surface area contributed by atoms with Crippen molar-refractivity contribution in [3.05, 3.63) is 35.4 Å². The second kappa shape index (κ2) is 4.71. The van der Waals surface area contributed by atoms with Gasteiger partial charge in [0.05, 0.1) is 5.92 Å². The minimum atomic E-state index is -4.11. The summed E-state index contributed by atoms with van der Waals surface area (Å²) in [5, 5.41) is 0. The zero-order chi connectivity index (χ0) is 13.3. The van der Waals surface area contributed by atoms with Crippen LogP contribution in [-0.4, -0.2) is 6.18 Å². The Labute approximate surface area is 101 Å². The molecule has 0 amide bonds. The first-order chi connectivity index (χ1) is 7.60. The van der Waals surface area contributed by atoms with E-state index in [0.717, 1.165) is 11.1 Å². The molecular formula is C14H19F3. The number of hydrogen-bond donors (Lipinski definition) is 0. The Kier molecular flexibility index (Phi) is 3.90. The van der Waals surface area contributed by atoms with Crippen LogP contribution in [0, 0.1) is 5.92 Å². The van der Waals surface area contributed by atoms with Gasteiger partial charge in [0, 0.05) is 0 Å². The maximum atomic E-state index is 12.5. The van der Waals surface area contributed by atoms with Crippen molar-refractivity contribution in [1.29, 1.82) is 0 Å². The van der Waals surface area contributed by atoms with Crippen LogP contribution < -0.4 is 0 Å². The van der Waals surface area contributed by atoms with Crippen LogP contribution in [0.2, 0.25) is 0 Å². The molecule has 1 aromatic rings. The van der Waals surface area contributed by atoms with Crippen molar-refractivity contribution in [1.82, 2.24) is 0 Å². The molecule has 0 aromatic heterocycles. The van der Waals surface area contributed by atoms with Crippen LogP contribution in [0.1, 0.15) is 38.8 Å². The molecule has 1 rings (SSSR count). The van der Waals surface area contributed by atoms with Crippen molar-refractivity contribution < 1.29 is 13.2 Å². The van der Waals surface area contributed by atoms with Gasteiger partial charge in [-0.25, -0.2) is 0 Å². The first-order valence-corrected chi connectivity index (χ1v) is 5.77. The lowest BCUT2D eigenvalue weighted by Crippen LogP contribution is -2.22. The molecule has 1 aromatic carbocycles. The van der Waals surface area contributed by atoms with Crippen LogP contribution in [0.5, 0.6) is 0 Å². The molecule has 0 heterocycles. The van der Waals surface area contributed by atoms with Gasteiger partial charge in [0.1, 0.15) is 0 Å². The Hall–Kier alpha value is -0.990. The second-order valence-corrected chi connectivity index (χ2v) is 5.60. The summed E-state index contributed by atoms with van der Waals surface area (Å²) in [5.41, 5.74) is 1.80. The third kappa shape index (κ3) is 4.06. The fraction of sp³-hybridized carbons (Fsp3) is 0.571. The van der Waals surface area contributed by atoms with E-state index >= 15 is 0 Å². The van der Waals surface area contributed by atoms with Crippen LogP contribution in [0.25, 0.3) is 0 Å². The van der Waals surface area contributed by atoms with Gasteiger partial charge in [-0.1, -0.05) is 52.0 Å². The van der Waals surface area contributed by atoms with E-state index in [4.69, 9.17) is 0 Å². The lowest BCUT2D eigenvalue weighted by Gasteiger charge is -2.21. The first kappa shape index (κ1) is 14.1. The molecule has 0 nitrogen and oxygen atoms in total. The minimum Gasteiger partial charge on any atom is -0.171 e. The molecule has 1 unspecified atom stereocenters. The van der Waals surface area contributed by atoms with E-state index in [1.54, 1.807) is 6.07 Å². The highest BCUT2D eigenvalue weighted by Gasteiger charge is 2.35. The van der Waals surface area contributed by atoms with Gasteiger partial charge < -0.3 is 0 Å². The molecule has 1 atom stereocenters. The van der Waals surface area contributed by atoms with E-state index in [2.05, 4.69) is 20.8 Å². The lowest BCUT2D eigenvalue weighted by molar-refractivity contribution is -0.169. The largest absolute Gasteiger partial charge is 0.391 e. The SMILES string of the molecule is CC(Cc1cccc(C(C)(C)C)c1)C(F)(F)F. The van der Waals surface area contributed by atoms with Crippen LogP contribution in [0.15, 0.2) is 24.3 Å². The molecule has 0 aliphatic heterocycles. The van der Waals surface area contributed by atoms with Crippen molar-refractivity contribution in [3.63, 3.8) is 0 Å². The Balaban J connectivity index is 2.87. The monoisotopic (exact) mass is 244 g/mol. The van der Waals surface area contributed by atoms with Gasteiger partial charge in [-0.2, -0.15) is 13.2 Å². The van der Waals surface area contributed by atoms with Gasteiger partial charge in [0.15, 0.2) is 0 Å². The topological polar surface area (TPSA) is 0 Å². The lowest BCUT2D eigenvalue weighted by atomic mass is 9.85. The zero-order valence-corrected chi connectivity index (χ0v) is 10.7. The quantitative estimate of drug-likeness (QED) is 0.705. The van der Waals surface area contributed by atoms with E-state index in [9.17, 15) is 13.2 Å². The average molecular weight is 244 g/mol. The summed E-state index contributed by atoms with van der Waals surface area (Å²) in [5.74, 6) is -1.29. The van der Waals surface area contributed by atoms with E-state index < -0.39 is 12.1 Å². The highest BCUT2D eigenvalue weighted by atomic mass is 19.4. The van der Waals surface area contributed by atoms with E-state index in [-0.39, 0.29) is 11.8 Å². The fourth-order valence-electron chi connectivity index (χ4n) is 1.63. The maximum Gasteiger partial charge on any atom is 0.391 e. The summed E-state index contributed by atoms with van der Waals surface area (Å²) in [6, 6.07) is 7.43. The Bertz CT molecular complexity index is 372. The smallest absolute Gasteiger partial charge is 0.171 e. The number of rotatable bonds is 2. The molecule has 0 aliphatic carbocycles. The molecular weight excluding hydrogens is 225 g/mol. The zero-order valence-electron chi connectivity index (χ0n) is 10.7. The normalized spacial score (nSPS) is 14.8. The molecule has 0 aliphatic rings. The van der Waals surface area contributed by atoms with Crippen LogP contribution in [-0.2, 0) is 11.8 Å². The first-order valence-electron chi connectivity index (χ1n) is 5.77. The standard InChI is InChI=1S/C14H19F3/c1-10(14(15,16)17)8-11-6-5-7-12(9-11)13(2,3)4/h5-7,9-10H,8H2,1-4H3. The molecule has 17 heavy (non-hydrogen) atoms. The van der Waals surface area contributed by atoms with Gasteiger partial charge in [-0.3, -0.25) is 0 Å². The molecule has 0 radical (unpaired) electrons. The molecule has 0 saturated heterocycles. The molecule has 96 valence electrons. The number of benzene rings is 1. The predicted octanol–water partition coefficient (Wildman–Crippen LogP) is 4.73. The molecule has 3 heteroatoms. The van der Waals surface area contributed by atoms with Crippen LogP contribution in [0.4, 0.5) is 13.2 Å². The molecule has 0 N–H and O–H groups in total. The van der Waals surface area contributed by atoms with Gasteiger partial charge in [0.25, 0.3) is 0 Å². The van der Waals surface area contributed by atoms with Crippen molar-refractivity contribution in [2.45, 2.75) is 45.7 Å². The van der Waals surface area contributed by atoms with Gasteiger partial charge in [-0.05, 0) is 23.0 Å². The fourth-order valence-corrected chi connectivity index (χ4v) is 1.63. The average Bonchev–Trinajstić information content (AvgIpc) is 2.15. The number of hydrogen-bond acceptors (Lipinski definition) is 0. The van der Waals surface area contributed by atoms with E-state index in [0.29, 0.717) is 0 Å². The Morgan fingerprint density at radius 3 is 2.18 bits per heavy atom. The highest BCUT2D eigenvalue weighted by molar-refractivity contribution is 5.28. The van der Waals surface area contributed by atoms with Crippen molar-refractivity contribution in [2.24, 2.45) is 5.92 Å². The third-order valence-electron chi connectivity index (χ3n) is 2.89. The minimum absolute atomic E-state index is 0.0303. The Morgan fingerprint density at radius 2 is 1.71 bits per heavy atom. The van der Waals surface area contributed by atoms with Crippen molar-refractivity contribution in [3.8, 4) is 0 Å². The van der Waals surface area contributed by atoms with E-state index in [1.807, 2.05) is 18.2 Å².